The van der Waals surface area contributed by atoms with E-state index in [0.717, 1.165) is 31.8 Å². The molecule has 0 N–H and O–H groups in total. The Labute approximate surface area is 106 Å². The van der Waals surface area contributed by atoms with Crippen LogP contribution in [0.5, 0.6) is 0 Å². The largest absolute Gasteiger partial charge is 0.266 e. The van der Waals surface area contributed by atoms with Gasteiger partial charge < -0.3 is 0 Å². The third kappa shape index (κ3) is 3.16. The van der Waals surface area contributed by atoms with Crippen LogP contribution in [0.1, 0.15) is 42.7 Å². The number of hydrogen-bond donors (Lipinski definition) is 0. The van der Waals surface area contributed by atoms with E-state index in [9.17, 15) is 8.78 Å². The van der Waals surface area contributed by atoms with E-state index in [-0.39, 0.29) is 5.92 Å². The van der Waals surface area contributed by atoms with Gasteiger partial charge in [0.25, 0.3) is 6.08 Å². The van der Waals surface area contributed by atoms with Crippen molar-refractivity contribution in [1.29, 1.82) is 5.26 Å². The molecule has 0 aromatic heterocycles. The van der Waals surface area contributed by atoms with Gasteiger partial charge >= 0.3 is 0 Å². The highest BCUT2D eigenvalue weighted by Crippen LogP contribution is 2.36. The monoisotopic (exact) mass is 247 g/mol. The van der Waals surface area contributed by atoms with Gasteiger partial charge in [0, 0.05) is 0 Å². The highest BCUT2D eigenvalue weighted by Gasteiger charge is 2.21. The second-order valence-electron chi connectivity index (χ2n) is 4.80. The zero-order valence-electron chi connectivity index (χ0n) is 10.1. The first-order valence-corrected chi connectivity index (χ1v) is 6.22. The lowest BCUT2D eigenvalue weighted by Gasteiger charge is -2.26. The van der Waals surface area contributed by atoms with Gasteiger partial charge in [-0.05, 0) is 61.3 Å². The Balaban J connectivity index is 1.97. The molecule has 2 rings (SSSR count). The molecule has 1 nitrogen and oxygen atoms in total. The fourth-order valence-electron chi connectivity index (χ4n) is 2.63. The smallest absolute Gasteiger partial charge is 0.192 e. The van der Waals surface area contributed by atoms with Crippen molar-refractivity contribution in [3.63, 3.8) is 0 Å². The van der Waals surface area contributed by atoms with Crippen LogP contribution < -0.4 is 0 Å². The summed E-state index contributed by atoms with van der Waals surface area (Å²) >= 11 is 0. The van der Waals surface area contributed by atoms with Crippen molar-refractivity contribution >= 4 is 0 Å². The summed E-state index contributed by atoms with van der Waals surface area (Å²) in [6.45, 7) is 0. The van der Waals surface area contributed by atoms with Crippen LogP contribution in [0, 0.1) is 17.2 Å². The minimum absolute atomic E-state index is 0.0321. The van der Waals surface area contributed by atoms with E-state index in [0.29, 0.717) is 11.5 Å². The van der Waals surface area contributed by atoms with Crippen molar-refractivity contribution < 1.29 is 8.78 Å². The number of halogens is 2. The standard InChI is InChI=1S/C15H15F2N/c16-15(17)9-11-1-5-13(6-2-11)14-7-3-12(10-18)4-8-14/h3-4,7-9,11,13H,1-2,5-6H2/t11-,13-. The molecule has 0 aliphatic heterocycles. The molecule has 0 radical (unpaired) electrons. The quantitative estimate of drug-likeness (QED) is 0.748. The van der Waals surface area contributed by atoms with Gasteiger partial charge in [0.1, 0.15) is 0 Å². The average molecular weight is 247 g/mol. The summed E-state index contributed by atoms with van der Waals surface area (Å²) in [5, 5.41) is 8.73. The molecule has 0 amide bonds. The van der Waals surface area contributed by atoms with E-state index in [2.05, 4.69) is 6.07 Å². The van der Waals surface area contributed by atoms with Crippen LogP contribution in [0.3, 0.4) is 0 Å². The molecule has 0 heterocycles. The fourth-order valence-corrected chi connectivity index (χ4v) is 2.63. The summed E-state index contributed by atoms with van der Waals surface area (Å²) in [5.41, 5.74) is 1.88. The van der Waals surface area contributed by atoms with E-state index in [1.165, 1.54) is 5.56 Å². The number of rotatable bonds is 2. The summed E-state index contributed by atoms with van der Waals surface area (Å²) in [7, 11) is 0. The van der Waals surface area contributed by atoms with Gasteiger partial charge in [-0.3, -0.25) is 0 Å². The minimum Gasteiger partial charge on any atom is -0.192 e. The number of nitriles is 1. The molecule has 0 bridgehead atoms. The highest BCUT2D eigenvalue weighted by molar-refractivity contribution is 5.33. The predicted molar refractivity (Wildman–Crippen MR) is 66.2 cm³/mol. The number of allylic oxidation sites excluding steroid dienone is 1. The first-order valence-electron chi connectivity index (χ1n) is 6.22. The van der Waals surface area contributed by atoms with Crippen LogP contribution in [-0.4, -0.2) is 0 Å². The molecule has 1 aromatic rings. The van der Waals surface area contributed by atoms with E-state index < -0.39 is 6.08 Å². The molecule has 94 valence electrons. The highest BCUT2D eigenvalue weighted by atomic mass is 19.3. The second kappa shape index (κ2) is 5.77. The Morgan fingerprint density at radius 2 is 1.72 bits per heavy atom. The third-order valence-corrected chi connectivity index (χ3v) is 3.64. The molecule has 1 fully saturated rings. The van der Waals surface area contributed by atoms with Gasteiger partial charge in [0.2, 0.25) is 0 Å². The van der Waals surface area contributed by atoms with E-state index >= 15 is 0 Å². The molecule has 18 heavy (non-hydrogen) atoms. The maximum Gasteiger partial charge on any atom is 0.266 e. The Kier molecular flexibility index (Phi) is 4.09. The number of nitrogens with zero attached hydrogens (tertiary/aromatic N) is 1. The Bertz CT molecular complexity index is 458. The Morgan fingerprint density at radius 1 is 1.11 bits per heavy atom. The molecule has 0 saturated heterocycles. The zero-order valence-corrected chi connectivity index (χ0v) is 10.1. The van der Waals surface area contributed by atoms with Crippen molar-refractivity contribution in [3.05, 3.63) is 47.5 Å². The number of benzene rings is 1. The van der Waals surface area contributed by atoms with Crippen LogP contribution in [0.4, 0.5) is 8.78 Å². The lowest BCUT2D eigenvalue weighted by Crippen LogP contribution is -2.11. The summed E-state index contributed by atoms with van der Waals surface area (Å²) in [4.78, 5) is 0. The maximum atomic E-state index is 12.2. The molecule has 1 aromatic carbocycles. The van der Waals surface area contributed by atoms with Crippen LogP contribution in [0.25, 0.3) is 0 Å². The summed E-state index contributed by atoms with van der Waals surface area (Å²) in [6, 6.07) is 9.70. The summed E-state index contributed by atoms with van der Waals surface area (Å²) in [5.74, 6) is 0.481. The first-order chi connectivity index (χ1) is 8.69. The topological polar surface area (TPSA) is 23.8 Å². The van der Waals surface area contributed by atoms with Crippen LogP contribution in [0.15, 0.2) is 36.4 Å². The van der Waals surface area contributed by atoms with Crippen molar-refractivity contribution in [2.75, 3.05) is 0 Å². The van der Waals surface area contributed by atoms with Gasteiger partial charge in [-0.2, -0.15) is 14.0 Å². The molecule has 1 aliphatic carbocycles. The Morgan fingerprint density at radius 3 is 2.22 bits per heavy atom. The van der Waals surface area contributed by atoms with Crippen LogP contribution in [-0.2, 0) is 0 Å². The summed E-state index contributed by atoms with van der Waals surface area (Å²) in [6.07, 6.45) is 3.07. The molecule has 1 saturated carbocycles. The number of hydrogen-bond acceptors (Lipinski definition) is 1. The second-order valence-corrected chi connectivity index (χ2v) is 4.80. The van der Waals surface area contributed by atoms with Crippen molar-refractivity contribution in [2.45, 2.75) is 31.6 Å². The molecule has 0 spiro atoms. The SMILES string of the molecule is N#Cc1ccc([C@H]2CC[C@H](C=C(F)F)CC2)cc1. The molecular weight excluding hydrogens is 232 g/mol. The molecule has 3 heteroatoms. The zero-order chi connectivity index (χ0) is 13.0. The van der Waals surface area contributed by atoms with Crippen molar-refractivity contribution in [1.82, 2.24) is 0 Å². The molecule has 0 unspecified atom stereocenters. The fraction of sp³-hybridized carbons (Fsp3) is 0.400. The lowest BCUT2D eigenvalue weighted by molar-refractivity contribution is 0.351. The van der Waals surface area contributed by atoms with Crippen molar-refractivity contribution in [2.24, 2.45) is 5.92 Å². The minimum atomic E-state index is -1.56. The summed E-state index contributed by atoms with van der Waals surface area (Å²) < 4.78 is 24.3. The van der Waals surface area contributed by atoms with Gasteiger partial charge in [0.15, 0.2) is 0 Å². The molecule has 1 aliphatic rings. The van der Waals surface area contributed by atoms with Gasteiger partial charge in [-0.1, -0.05) is 12.1 Å². The predicted octanol–water partition coefficient (Wildman–Crippen LogP) is 4.61. The lowest BCUT2D eigenvalue weighted by atomic mass is 9.78. The van der Waals surface area contributed by atoms with Crippen LogP contribution in [0.2, 0.25) is 0 Å². The van der Waals surface area contributed by atoms with Gasteiger partial charge in [-0.15, -0.1) is 0 Å². The normalized spacial score (nSPS) is 23.2. The first kappa shape index (κ1) is 12.8. The van der Waals surface area contributed by atoms with E-state index in [1.54, 1.807) is 0 Å². The van der Waals surface area contributed by atoms with Crippen molar-refractivity contribution in [3.8, 4) is 6.07 Å². The third-order valence-electron chi connectivity index (χ3n) is 3.64. The Hall–Kier alpha value is -1.69. The molecule has 0 atom stereocenters. The van der Waals surface area contributed by atoms with Crippen LogP contribution >= 0.6 is 0 Å². The van der Waals surface area contributed by atoms with Gasteiger partial charge in [0.05, 0.1) is 11.6 Å². The average Bonchev–Trinajstić information content (AvgIpc) is 2.39. The van der Waals surface area contributed by atoms with E-state index in [1.807, 2.05) is 24.3 Å². The van der Waals surface area contributed by atoms with E-state index in [4.69, 9.17) is 5.26 Å². The maximum absolute atomic E-state index is 12.2. The van der Waals surface area contributed by atoms with Gasteiger partial charge in [-0.25, -0.2) is 0 Å². The molecular formula is C15H15F2N.